The molecule has 0 aliphatic carbocycles. The Kier molecular flexibility index (Phi) is 21.6. The maximum atomic E-state index is 11.8. The number of carbonyl (C=O) groups excluding carboxylic acids is 2. The molecule has 0 aromatic heterocycles. The van der Waals surface area contributed by atoms with Crippen LogP contribution in [0.2, 0.25) is 0 Å². The zero-order valence-electron chi connectivity index (χ0n) is 23.3. The fourth-order valence-electron chi connectivity index (χ4n) is 3.79. The summed E-state index contributed by atoms with van der Waals surface area (Å²) in [4.78, 5) is 23.7. The number of hydrogen-bond acceptors (Lipinski definition) is 5. The Balaban J connectivity index is 3.38. The summed E-state index contributed by atoms with van der Waals surface area (Å²) in [5.41, 5.74) is -0.253. The molecule has 0 saturated carbocycles. The van der Waals surface area contributed by atoms with Crippen molar-refractivity contribution in [3.63, 3.8) is 0 Å². The Labute approximate surface area is 211 Å². The highest BCUT2D eigenvalue weighted by Gasteiger charge is 2.15. The molecule has 0 rings (SSSR count). The van der Waals surface area contributed by atoms with Gasteiger partial charge in [0.1, 0.15) is 6.10 Å². The van der Waals surface area contributed by atoms with E-state index in [1.54, 1.807) is 0 Å². The number of unbranched alkanes of at least 4 members (excludes halogenated alkanes) is 14. The van der Waals surface area contributed by atoms with Crippen LogP contribution in [0.1, 0.15) is 150 Å². The van der Waals surface area contributed by atoms with Crippen LogP contribution in [0.15, 0.2) is 0 Å². The van der Waals surface area contributed by atoms with Crippen molar-refractivity contribution in [1.29, 1.82) is 0 Å². The van der Waals surface area contributed by atoms with Crippen molar-refractivity contribution in [3.8, 4) is 0 Å². The van der Waals surface area contributed by atoms with Crippen molar-refractivity contribution in [2.45, 2.75) is 162 Å². The highest BCUT2D eigenvalue weighted by atomic mass is 16.6. The van der Waals surface area contributed by atoms with Gasteiger partial charge < -0.3 is 14.2 Å². The van der Waals surface area contributed by atoms with E-state index >= 15 is 0 Å². The molecule has 202 valence electrons. The van der Waals surface area contributed by atoms with E-state index in [9.17, 15) is 9.59 Å². The summed E-state index contributed by atoms with van der Waals surface area (Å²) >= 11 is 0. The second-order valence-electron chi connectivity index (χ2n) is 10.7. The lowest BCUT2D eigenvalue weighted by atomic mass is 10.0. The summed E-state index contributed by atoms with van der Waals surface area (Å²) in [7, 11) is 0. The van der Waals surface area contributed by atoms with Crippen molar-refractivity contribution in [1.82, 2.24) is 0 Å². The first-order valence-corrected chi connectivity index (χ1v) is 14.2. The van der Waals surface area contributed by atoms with Gasteiger partial charge in [-0.25, -0.2) is 0 Å². The minimum Gasteiger partial charge on any atom is -0.466 e. The van der Waals surface area contributed by atoms with Crippen LogP contribution in [0.4, 0.5) is 0 Å². The van der Waals surface area contributed by atoms with E-state index in [1.165, 1.54) is 83.5 Å². The third kappa shape index (κ3) is 25.5. The molecule has 5 nitrogen and oxygen atoms in total. The van der Waals surface area contributed by atoms with Crippen LogP contribution in [0.5, 0.6) is 0 Å². The van der Waals surface area contributed by atoms with Crippen LogP contribution in [-0.4, -0.2) is 36.9 Å². The molecule has 0 saturated heterocycles. The van der Waals surface area contributed by atoms with Crippen LogP contribution >= 0.6 is 0 Å². The van der Waals surface area contributed by atoms with Gasteiger partial charge in [-0.2, -0.15) is 0 Å². The quantitative estimate of drug-likeness (QED) is 0.108. The standard InChI is InChI=1S/C29H56O5/c1-6-7-8-9-10-11-12-13-14-15-16-17-18-19-20-24-32-27(30)22-21-23-28(31)34-26(2)25-33-29(3,4)5/h26H,6-25H2,1-5H3. The third-order valence-corrected chi connectivity index (χ3v) is 5.86. The number of hydrogen-bond donors (Lipinski definition) is 0. The molecule has 1 atom stereocenters. The zero-order chi connectivity index (χ0) is 25.5. The molecule has 0 aromatic carbocycles. The molecule has 0 radical (unpaired) electrons. The van der Waals surface area contributed by atoms with E-state index < -0.39 is 0 Å². The minimum atomic E-state index is -0.291. The van der Waals surface area contributed by atoms with Gasteiger partial charge >= 0.3 is 11.9 Å². The van der Waals surface area contributed by atoms with Crippen molar-refractivity contribution < 1.29 is 23.8 Å². The van der Waals surface area contributed by atoms with Crippen molar-refractivity contribution in [3.05, 3.63) is 0 Å². The number of ether oxygens (including phenoxy) is 3. The highest BCUT2D eigenvalue weighted by Crippen LogP contribution is 2.13. The largest absolute Gasteiger partial charge is 0.466 e. The van der Waals surface area contributed by atoms with Crippen LogP contribution in [0, 0.1) is 0 Å². The first-order valence-electron chi connectivity index (χ1n) is 14.2. The Morgan fingerprint density at radius 2 is 1.09 bits per heavy atom. The maximum Gasteiger partial charge on any atom is 0.306 e. The number of carbonyl (C=O) groups is 2. The van der Waals surface area contributed by atoms with Crippen molar-refractivity contribution >= 4 is 11.9 Å². The van der Waals surface area contributed by atoms with Crippen molar-refractivity contribution in [2.75, 3.05) is 13.2 Å². The SMILES string of the molecule is CCCCCCCCCCCCCCCCCOC(=O)CCCC(=O)OC(C)COC(C)(C)C. The first kappa shape index (κ1) is 32.9. The van der Waals surface area contributed by atoms with Crippen LogP contribution in [0.3, 0.4) is 0 Å². The average Bonchev–Trinajstić information content (AvgIpc) is 2.77. The predicted molar refractivity (Wildman–Crippen MR) is 141 cm³/mol. The Hall–Kier alpha value is -1.10. The van der Waals surface area contributed by atoms with Gasteiger partial charge in [0.15, 0.2) is 0 Å². The molecular weight excluding hydrogens is 428 g/mol. The molecule has 0 heterocycles. The monoisotopic (exact) mass is 484 g/mol. The summed E-state index contributed by atoms with van der Waals surface area (Å²) in [6, 6.07) is 0. The molecule has 0 aromatic rings. The average molecular weight is 485 g/mol. The lowest BCUT2D eigenvalue weighted by molar-refractivity contribution is -0.154. The van der Waals surface area contributed by atoms with Gasteiger partial charge in [-0.15, -0.1) is 0 Å². The van der Waals surface area contributed by atoms with E-state index in [-0.39, 0.29) is 36.5 Å². The third-order valence-electron chi connectivity index (χ3n) is 5.86. The second kappa shape index (κ2) is 22.4. The topological polar surface area (TPSA) is 61.8 Å². The maximum absolute atomic E-state index is 11.8. The van der Waals surface area contributed by atoms with Gasteiger partial charge in [-0.3, -0.25) is 9.59 Å². The van der Waals surface area contributed by atoms with Gasteiger partial charge in [0.2, 0.25) is 0 Å². The summed E-state index contributed by atoms with van der Waals surface area (Å²) < 4.78 is 16.2. The fraction of sp³-hybridized carbons (Fsp3) is 0.931. The summed E-state index contributed by atoms with van der Waals surface area (Å²) in [6.45, 7) is 10.8. The molecule has 1 unspecified atom stereocenters. The molecule has 0 fully saturated rings. The lowest BCUT2D eigenvalue weighted by Gasteiger charge is -2.22. The summed E-state index contributed by atoms with van der Waals surface area (Å²) in [5, 5.41) is 0. The van der Waals surface area contributed by atoms with Gasteiger partial charge in [-0.1, -0.05) is 96.8 Å². The Morgan fingerprint density at radius 3 is 1.56 bits per heavy atom. The smallest absolute Gasteiger partial charge is 0.306 e. The molecule has 0 N–H and O–H groups in total. The van der Waals surface area contributed by atoms with Gasteiger partial charge in [0.25, 0.3) is 0 Å². The molecule has 0 amide bonds. The first-order chi connectivity index (χ1) is 16.2. The predicted octanol–water partition coefficient (Wildman–Crippen LogP) is 8.32. The van der Waals surface area contributed by atoms with Crippen molar-refractivity contribution in [2.24, 2.45) is 0 Å². The van der Waals surface area contributed by atoms with E-state index in [0.717, 1.165) is 12.8 Å². The highest BCUT2D eigenvalue weighted by molar-refractivity contribution is 5.72. The Bertz CT molecular complexity index is 483. The normalized spacial score (nSPS) is 12.5. The van der Waals surface area contributed by atoms with Crippen LogP contribution < -0.4 is 0 Å². The van der Waals surface area contributed by atoms with Gasteiger partial charge in [0.05, 0.1) is 18.8 Å². The molecule has 0 bridgehead atoms. The zero-order valence-corrected chi connectivity index (χ0v) is 23.3. The fourth-order valence-corrected chi connectivity index (χ4v) is 3.79. The molecule has 0 aliphatic rings. The summed E-state index contributed by atoms with van der Waals surface area (Å²) in [6.07, 6.45) is 20.5. The Morgan fingerprint density at radius 1 is 0.647 bits per heavy atom. The summed E-state index contributed by atoms with van der Waals surface area (Å²) in [5.74, 6) is -0.512. The van der Waals surface area contributed by atoms with E-state index in [2.05, 4.69) is 6.92 Å². The molecular formula is C29H56O5. The molecule has 0 aliphatic heterocycles. The van der Waals surface area contributed by atoms with Crippen LogP contribution in [-0.2, 0) is 23.8 Å². The molecule has 0 spiro atoms. The van der Waals surface area contributed by atoms with E-state index in [1.807, 2.05) is 27.7 Å². The second-order valence-corrected chi connectivity index (χ2v) is 10.7. The molecule has 34 heavy (non-hydrogen) atoms. The molecule has 5 heteroatoms. The minimum absolute atomic E-state index is 0.220. The van der Waals surface area contributed by atoms with Gasteiger partial charge in [0, 0.05) is 12.8 Å². The number of rotatable bonds is 23. The van der Waals surface area contributed by atoms with Crippen LogP contribution in [0.25, 0.3) is 0 Å². The van der Waals surface area contributed by atoms with Gasteiger partial charge in [-0.05, 0) is 40.5 Å². The number of esters is 2. The lowest BCUT2D eigenvalue weighted by Crippen LogP contribution is -2.27. The van der Waals surface area contributed by atoms with E-state index in [0.29, 0.717) is 19.6 Å². The van der Waals surface area contributed by atoms with E-state index in [4.69, 9.17) is 14.2 Å².